The van der Waals surface area contributed by atoms with Crippen molar-refractivity contribution in [1.29, 1.82) is 0 Å². The Bertz CT molecular complexity index is 558. The number of nitrogens with one attached hydrogen (secondary N) is 1. The fraction of sp³-hybridized carbons (Fsp3) is 0.286. The molecule has 0 radical (unpaired) electrons. The molecule has 5 heteroatoms. The maximum Gasteiger partial charge on any atom is 0.165 e. The Morgan fingerprint density at radius 1 is 1.37 bits per heavy atom. The van der Waals surface area contributed by atoms with Crippen molar-refractivity contribution in [3.05, 3.63) is 50.4 Å². The highest BCUT2D eigenvalue weighted by Crippen LogP contribution is 2.29. The molecule has 1 aromatic carbocycles. The average molecular weight is 344 g/mol. The van der Waals surface area contributed by atoms with Crippen LogP contribution in [0.1, 0.15) is 16.5 Å². The van der Waals surface area contributed by atoms with Gasteiger partial charge in [-0.3, -0.25) is 0 Å². The zero-order chi connectivity index (χ0) is 13.8. The summed E-state index contributed by atoms with van der Waals surface area (Å²) >= 11 is 5.15. The van der Waals surface area contributed by atoms with Crippen LogP contribution in [0.15, 0.2) is 34.1 Å². The Balaban J connectivity index is 2.16. The van der Waals surface area contributed by atoms with Crippen LogP contribution in [-0.2, 0) is 6.42 Å². The Morgan fingerprint density at radius 2 is 2.16 bits per heavy atom. The van der Waals surface area contributed by atoms with E-state index in [1.807, 2.05) is 19.2 Å². The minimum Gasteiger partial charge on any atom is -0.494 e. The molecule has 2 rings (SSSR count). The molecule has 1 N–H and O–H groups in total. The van der Waals surface area contributed by atoms with Crippen LogP contribution in [0.3, 0.4) is 0 Å². The van der Waals surface area contributed by atoms with Crippen molar-refractivity contribution in [2.75, 3.05) is 14.2 Å². The lowest BCUT2D eigenvalue weighted by molar-refractivity contribution is 0.386. The van der Waals surface area contributed by atoms with Crippen molar-refractivity contribution < 1.29 is 9.13 Å². The third-order valence-corrected chi connectivity index (χ3v) is 4.68. The number of halogens is 2. The van der Waals surface area contributed by atoms with Gasteiger partial charge in [0.1, 0.15) is 0 Å². The summed E-state index contributed by atoms with van der Waals surface area (Å²) in [6.45, 7) is 0. The number of hydrogen-bond donors (Lipinski definition) is 1. The topological polar surface area (TPSA) is 21.3 Å². The number of methoxy groups -OCH3 is 1. The summed E-state index contributed by atoms with van der Waals surface area (Å²) in [6.07, 6.45) is 0.740. The second-order valence-corrected chi connectivity index (χ2v) is 6.65. The van der Waals surface area contributed by atoms with E-state index >= 15 is 0 Å². The number of hydrogen-bond acceptors (Lipinski definition) is 3. The zero-order valence-electron chi connectivity index (χ0n) is 10.7. The molecule has 1 atom stereocenters. The largest absolute Gasteiger partial charge is 0.494 e. The van der Waals surface area contributed by atoms with Gasteiger partial charge in [-0.05, 0) is 59.2 Å². The van der Waals surface area contributed by atoms with Gasteiger partial charge < -0.3 is 10.1 Å². The fourth-order valence-corrected chi connectivity index (χ4v) is 3.47. The van der Waals surface area contributed by atoms with E-state index in [-0.39, 0.29) is 17.6 Å². The molecule has 0 saturated heterocycles. The molecule has 0 saturated carbocycles. The van der Waals surface area contributed by atoms with E-state index in [0.29, 0.717) is 0 Å². The third kappa shape index (κ3) is 3.55. The van der Waals surface area contributed by atoms with E-state index in [4.69, 9.17) is 4.74 Å². The van der Waals surface area contributed by atoms with Gasteiger partial charge in [-0.2, -0.15) is 0 Å². The standard InChI is InChI=1S/C14H15BrFNOS/c1-17-11(13-5-6-14(15)19-13)8-9-3-4-12(18-2)10(16)7-9/h3-7,11,17H,8H2,1-2H3. The van der Waals surface area contributed by atoms with E-state index < -0.39 is 0 Å². The summed E-state index contributed by atoms with van der Waals surface area (Å²) in [5, 5.41) is 3.26. The van der Waals surface area contributed by atoms with Gasteiger partial charge in [0.25, 0.3) is 0 Å². The van der Waals surface area contributed by atoms with E-state index in [1.165, 1.54) is 18.1 Å². The summed E-state index contributed by atoms with van der Waals surface area (Å²) in [7, 11) is 3.38. The normalized spacial score (nSPS) is 12.4. The van der Waals surface area contributed by atoms with Gasteiger partial charge in [-0.1, -0.05) is 6.07 Å². The van der Waals surface area contributed by atoms with Crippen molar-refractivity contribution in [3.8, 4) is 5.75 Å². The Labute approximate surface area is 124 Å². The molecule has 0 spiro atoms. The van der Waals surface area contributed by atoms with Crippen molar-refractivity contribution >= 4 is 27.3 Å². The van der Waals surface area contributed by atoms with Crippen LogP contribution in [0.2, 0.25) is 0 Å². The summed E-state index contributed by atoms with van der Waals surface area (Å²) in [5.74, 6) is -0.0363. The fourth-order valence-electron chi connectivity index (χ4n) is 1.93. The molecule has 2 aromatic rings. The Kier molecular flexibility index (Phi) is 4.96. The smallest absolute Gasteiger partial charge is 0.165 e. The van der Waals surface area contributed by atoms with Crippen LogP contribution < -0.4 is 10.1 Å². The minimum absolute atomic E-state index is 0.184. The summed E-state index contributed by atoms with van der Waals surface area (Å²) in [5.41, 5.74) is 0.946. The highest BCUT2D eigenvalue weighted by Gasteiger charge is 2.13. The van der Waals surface area contributed by atoms with E-state index in [9.17, 15) is 4.39 Å². The molecule has 0 fully saturated rings. The molecule has 1 aromatic heterocycles. The maximum atomic E-state index is 13.7. The molecular formula is C14H15BrFNOS. The Hall–Kier alpha value is -0.910. The van der Waals surface area contributed by atoms with Gasteiger partial charge in [0.2, 0.25) is 0 Å². The minimum atomic E-state index is -0.317. The predicted octanol–water partition coefficient (Wildman–Crippen LogP) is 4.16. The third-order valence-electron chi connectivity index (χ3n) is 2.94. The van der Waals surface area contributed by atoms with Crippen molar-refractivity contribution in [2.24, 2.45) is 0 Å². The van der Waals surface area contributed by atoms with Gasteiger partial charge in [0, 0.05) is 10.9 Å². The second-order valence-electron chi connectivity index (χ2n) is 4.16. The average Bonchev–Trinajstić information content (AvgIpc) is 2.82. The van der Waals surface area contributed by atoms with Crippen LogP contribution in [0.5, 0.6) is 5.75 Å². The first-order chi connectivity index (χ1) is 9.13. The lowest BCUT2D eigenvalue weighted by Crippen LogP contribution is -2.17. The highest BCUT2D eigenvalue weighted by atomic mass is 79.9. The van der Waals surface area contributed by atoms with Crippen LogP contribution >= 0.6 is 27.3 Å². The van der Waals surface area contributed by atoms with Gasteiger partial charge in [-0.15, -0.1) is 11.3 Å². The quantitative estimate of drug-likeness (QED) is 0.879. The number of likely N-dealkylation sites (N-methyl/N-ethyl adjacent to an activating group) is 1. The number of thiophene rings is 1. The SMILES string of the molecule is CNC(Cc1ccc(OC)c(F)c1)c1ccc(Br)s1. The van der Waals surface area contributed by atoms with Crippen molar-refractivity contribution in [1.82, 2.24) is 5.32 Å². The van der Waals surface area contributed by atoms with Crippen LogP contribution in [0.25, 0.3) is 0 Å². The predicted molar refractivity (Wildman–Crippen MR) is 80.5 cm³/mol. The first kappa shape index (κ1) is 14.5. The molecule has 19 heavy (non-hydrogen) atoms. The molecule has 0 amide bonds. The number of ether oxygens (including phenoxy) is 1. The monoisotopic (exact) mass is 343 g/mol. The number of benzene rings is 1. The highest BCUT2D eigenvalue weighted by molar-refractivity contribution is 9.11. The number of rotatable bonds is 5. The molecule has 0 aliphatic rings. The van der Waals surface area contributed by atoms with Gasteiger partial charge >= 0.3 is 0 Å². The second kappa shape index (κ2) is 6.50. The van der Waals surface area contributed by atoms with Crippen LogP contribution in [-0.4, -0.2) is 14.2 Å². The molecule has 2 nitrogen and oxygen atoms in total. The molecule has 1 heterocycles. The first-order valence-corrected chi connectivity index (χ1v) is 7.50. The van der Waals surface area contributed by atoms with Gasteiger partial charge in [0.15, 0.2) is 11.6 Å². The molecule has 0 aliphatic heterocycles. The lowest BCUT2D eigenvalue weighted by atomic mass is 10.0. The Morgan fingerprint density at radius 3 is 2.68 bits per heavy atom. The van der Waals surface area contributed by atoms with E-state index in [0.717, 1.165) is 15.8 Å². The summed E-state index contributed by atoms with van der Waals surface area (Å²) in [6, 6.07) is 9.39. The van der Waals surface area contributed by atoms with Crippen molar-refractivity contribution in [3.63, 3.8) is 0 Å². The van der Waals surface area contributed by atoms with Gasteiger partial charge in [0.05, 0.1) is 10.9 Å². The lowest BCUT2D eigenvalue weighted by Gasteiger charge is -2.15. The molecule has 0 aliphatic carbocycles. The molecule has 1 unspecified atom stereocenters. The molecule has 0 bridgehead atoms. The van der Waals surface area contributed by atoms with Gasteiger partial charge in [-0.25, -0.2) is 4.39 Å². The van der Waals surface area contributed by atoms with E-state index in [1.54, 1.807) is 17.4 Å². The van der Waals surface area contributed by atoms with Crippen LogP contribution in [0, 0.1) is 5.82 Å². The molecule has 102 valence electrons. The van der Waals surface area contributed by atoms with Crippen LogP contribution in [0.4, 0.5) is 4.39 Å². The summed E-state index contributed by atoms with van der Waals surface area (Å²) in [4.78, 5) is 1.23. The first-order valence-electron chi connectivity index (χ1n) is 5.89. The zero-order valence-corrected chi connectivity index (χ0v) is 13.1. The molecular weight excluding hydrogens is 329 g/mol. The maximum absolute atomic E-state index is 13.7. The summed E-state index contributed by atoms with van der Waals surface area (Å²) < 4.78 is 19.7. The van der Waals surface area contributed by atoms with Crippen molar-refractivity contribution in [2.45, 2.75) is 12.5 Å². The van der Waals surface area contributed by atoms with E-state index in [2.05, 4.69) is 27.3 Å².